The van der Waals surface area contributed by atoms with Crippen LogP contribution in [0.2, 0.25) is 5.02 Å². The molecule has 4 aromatic carbocycles. The van der Waals surface area contributed by atoms with Crippen LogP contribution >= 0.6 is 11.6 Å². The Labute approximate surface area is 322 Å². The number of sulfonamides is 1. The first-order valence-corrected chi connectivity index (χ1v) is 20.5. The van der Waals surface area contributed by atoms with E-state index in [1.165, 1.54) is 29.2 Å². The summed E-state index contributed by atoms with van der Waals surface area (Å²) in [5.74, 6) is -0.282. The number of piperazine rings is 1. The van der Waals surface area contributed by atoms with Gasteiger partial charge >= 0.3 is 0 Å². The molecule has 1 fully saturated rings. The minimum Gasteiger partial charge on any atom is -0.473 e. The van der Waals surface area contributed by atoms with Gasteiger partial charge in [-0.15, -0.1) is 0 Å². The summed E-state index contributed by atoms with van der Waals surface area (Å²) in [5, 5.41) is 3.36. The first kappa shape index (κ1) is 36.2. The Hall–Kier alpha value is -4.83. The fourth-order valence-corrected chi connectivity index (χ4v) is 9.13. The zero-order valence-corrected chi connectivity index (χ0v) is 32.2. The van der Waals surface area contributed by atoms with Gasteiger partial charge < -0.3 is 14.6 Å². The van der Waals surface area contributed by atoms with Gasteiger partial charge in [0, 0.05) is 67.0 Å². The van der Waals surface area contributed by atoms with E-state index in [-0.39, 0.29) is 16.7 Å². The van der Waals surface area contributed by atoms with Gasteiger partial charge in [0.05, 0.1) is 4.90 Å². The number of H-pyrrole nitrogens is 1. The number of fused-ring (bicyclic) bond motifs is 2. The van der Waals surface area contributed by atoms with Crippen molar-refractivity contribution in [1.82, 2.24) is 19.5 Å². The van der Waals surface area contributed by atoms with E-state index in [4.69, 9.17) is 16.3 Å². The van der Waals surface area contributed by atoms with Crippen LogP contribution in [0.1, 0.15) is 45.1 Å². The summed E-state index contributed by atoms with van der Waals surface area (Å²) in [6, 6.07) is 28.1. The van der Waals surface area contributed by atoms with Gasteiger partial charge in [-0.25, -0.2) is 13.1 Å². The van der Waals surface area contributed by atoms with Crippen molar-refractivity contribution in [3.05, 3.63) is 137 Å². The van der Waals surface area contributed by atoms with Gasteiger partial charge in [0.15, 0.2) is 0 Å². The van der Waals surface area contributed by atoms with E-state index < -0.39 is 21.5 Å². The summed E-state index contributed by atoms with van der Waals surface area (Å²) in [5.41, 5.74) is 4.86. The highest BCUT2D eigenvalue weighted by atomic mass is 35.5. The molecule has 3 aliphatic rings. The van der Waals surface area contributed by atoms with Crippen molar-refractivity contribution in [2.24, 2.45) is 5.41 Å². The van der Waals surface area contributed by atoms with Crippen LogP contribution in [0.25, 0.3) is 27.2 Å². The molecule has 1 aromatic heterocycles. The number of hydrogen-bond acceptors (Lipinski definition) is 6. The zero-order valence-electron chi connectivity index (χ0n) is 30.6. The molecule has 2 aliphatic carbocycles. The van der Waals surface area contributed by atoms with Crippen molar-refractivity contribution in [3.63, 3.8) is 0 Å². The normalized spacial score (nSPS) is 20.6. The summed E-state index contributed by atoms with van der Waals surface area (Å²) in [6.07, 6.45) is 10.9. The molecule has 1 atom stereocenters. The molecule has 0 radical (unpaired) electrons. The monoisotopic (exact) mass is 760 g/mol. The molecule has 1 unspecified atom stereocenters. The molecule has 2 N–H and O–H groups in total. The zero-order chi connectivity index (χ0) is 37.5. The quantitative estimate of drug-likeness (QED) is 0.156. The van der Waals surface area contributed by atoms with E-state index in [1.807, 2.05) is 72.9 Å². The van der Waals surface area contributed by atoms with Crippen LogP contribution in [0.5, 0.6) is 5.75 Å². The standard InChI is InChI=1S/C44H45ClN4O4S/c1-43(2)19-15-35(40(29-43)32-7-10-36(45)11-8-32)30-48-23-25-49(26-24-48)37-16-20-44(21-17-37,53-38-12-14-41-34(27-38)18-22-46-41)42(50)47-54(51,52)39-13-9-31-5-3-4-6-33(31)28-39/h3-14,16-18,20,22,27-28,46H,15,19,21,23-26,29-30H2,1-2H3,(H,47,50). The van der Waals surface area contributed by atoms with Crippen molar-refractivity contribution in [2.75, 3.05) is 32.7 Å². The van der Waals surface area contributed by atoms with E-state index in [9.17, 15) is 13.2 Å². The molecule has 1 amide bonds. The summed E-state index contributed by atoms with van der Waals surface area (Å²) in [7, 11) is -4.20. The number of carbonyl (C=O) groups excluding carboxylic acids is 1. The molecule has 2 heterocycles. The van der Waals surface area contributed by atoms with Gasteiger partial charge in [0.25, 0.3) is 15.9 Å². The van der Waals surface area contributed by atoms with Crippen molar-refractivity contribution in [3.8, 4) is 5.75 Å². The van der Waals surface area contributed by atoms with E-state index in [2.05, 4.69) is 45.5 Å². The van der Waals surface area contributed by atoms with Crippen molar-refractivity contribution in [2.45, 2.75) is 50.0 Å². The fourth-order valence-electron chi connectivity index (χ4n) is 7.94. The molecule has 10 heteroatoms. The molecule has 278 valence electrons. The topological polar surface area (TPSA) is 94.7 Å². The van der Waals surface area contributed by atoms with E-state index in [0.717, 1.165) is 78.0 Å². The van der Waals surface area contributed by atoms with Gasteiger partial charge in [-0.1, -0.05) is 79.6 Å². The smallest absolute Gasteiger partial charge is 0.282 e. The second kappa shape index (κ2) is 14.4. The van der Waals surface area contributed by atoms with Crippen LogP contribution in [0, 0.1) is 5.41 Å². The van der Waals surface area contributed by atoms with Gasteiger partial charge in [-0.3, -0.25) is 9.69 Å². The lowest BCUT2D eigenvalue weighted by molar-refractivity contribution is -0.131. The van der Waals surface area contributed by atoms with Crippen LogP contribution < -0.4 is 9.46 Å². The lowest BCUT2D eigenvalue weighted by Crippen LogP contribution is -2.52. The fraction of sp³-hybridized carbons (Fsp3) is 0.295. The number of rotatable bonds is 9. The third-order valence-electron chi connectivity index (χ3n) is 11.1. The largest absolute Gasteiger partial charge is 0.473 e. The molecular formula is C44H45ClN4O4S. The third-order valence-corrected chi connectivity index (χ3v) is 12.7. The first-order valence-electron chi connectivity index (χ1n) is 18.6. The van der Waals surface area contributed by atoms with Crippen LogP contribution in [0.3, 0.4) is 0 Å². The number of allylic oxidation sites excluding steroid dienone is 2. The molecule has 8 rings (SSSR count). The number of halogens is 1. The molecule has 0 saturated carbocycles. The Morgan fingerprint density at radius 1 is 0.907 bits per heavy atom. The summed E-state index contributed by atoms with van der Waals surface area (Å²) < 4.78 is 36.1. The Bertz CT molecular complexity index is 2420. The molecule has 1 aliphatic heterocycles. The van der Waals surface area contributed by atoms with Crippen LogP contribution in [0.15, 0.2) is 132 Å². The van der Waals surface area contributed by atoms with Crippen LogP contribution in [-0.2, 0) is 14.8 Å². The second-order valence-electron chi connectivity index (χ2n) is 15.5. The maximum absolute atomic E-state index is 14.2. The third kappa shape index (κ3) is 7.58. The van der Waals surface area contributed by atoms with Crippen LogP contribution in [0.4, 0.5) is 0 Å². The Morgan fingerprint density at radius 3 is 2.44 bits per heavy atom. The maximum Gasteiger partial charge on any atom is 0.282 e. The highest BCUT2D eigenvalue weighted by molar-refractivity contribution is 7.90. The minimum absolute atomic E-state index is 0.0142. The summed E-state index contributed by atoms with van der Waals surface area (Å²) in [4.78, 5) is 22.2. The number of hydrogen-bond donors (Lipinski definition) is 2. The van der Waals surface area contributed by atoms with Gasteiger partial charge in [0.1, 0.15) is 5.75 Å². The number of carbonyl (C=O) groups is 1. The van der Waals surface area contributed by atoms with Crippen molar-refractivity contribution in [1.29, 1.82) is 0 Å². The number of amides is 1. The van der Waals surface area contributed by atoms with E-state index >= 15 is 0 Å². The number of nitrogens with one attached hydrogen (secondary N) is 2. The molecule has 1 saturated heterocycles. The molecule has 0 bridgehead atoms. The Kier molecular flexibility index (Phi) is 9.67. The van der Waals surface area contributed by atoms with Gasteiger partial charge in [-0.05, 0) is 107 Å². The van der Waals surface area contributed by atoms with Crippen LogP contribution in [-0.4, -0.2) is 67.4 Å². The number of ether oxygens (including phenoxy) is 1. The SMILES string of the molecule is CC1(C)CCC(CN2CCN(C3=CCC(Oc4ccc5[nH]ccc5c4)(C(=O)NS(=O)(=O)c4ccc5ccccc5c4)C=C3)CC2)=C(c2ccc(Cl)cc2)C1. The molecule has 8 nitrogen and oxygen atoms in total. The summed E-state index contributed by atoms with van der Waals surface area (Å²) >= 11 is 6.23. The lowest BCUT2D eigenvalue weighted by Gasteiger charge is -2.40. The number of aromatic nitrogens is 1. The van der Waals surface area contributed by atoms with Gasteiger partial charge in [-0.2, -0.15) is 0 Å². The molecule has 5 aromatic rings. The molecule has 0 spiro atoms. The minimum atomic E-state index is -4.20. The van der Waals surface area contributed by atoms with E-state index in [1.54, 1.807) is 24.3 Å². The van der Waals surface area contributed by atoms with E-state index in [0.29, 0.717) is 5.75 Å². The van der Waals surface area contributed by atoms with Gasteiger partial charge in [0.2, 0.25) is 5.60 Å². The van der Waals surface area contributed by atoms with Crippen molar-refractivity contribution >= 4 is 54.8 Å². The Morgan fingerprint density at radius 2 is 1.69 bits per heavy atom. The summed E-state index contributed by atoms with van der Waals surface area (Å²) in [6.45, 7) is 9.17. The highest BCUT2D eigenvalue weighted by Gasteiger charge is 2.42. The average molecular weight is 761 g/mol. The lowest BCUT2D eigenvalue weighted by atomic mass is 9.72. The maximum atomic E-state index is 14.2. The molecule has 54 heavy (non-hydrogen) atoms. The first-order chi connectivity index (χ1) is 26.0. The predicted molar refractivity (Wildman–Crippen MR) is 217 cm³/mol. The molecular weight excluding hydrogens is 716 g/mol. The number of nitrogens with zero attached hydrogens (tertiary/aromatic N) is 2. The second-order valence-corrected chi connectivity index (χ2v) is 17.6. The van der Waals surface area contributed by atoms with Crippen molar-refractivity contribution < 1.29 is 17.9 Å². The number of aromatic amines is 1. The highest BCUT2D eigenvalue weighted by Crippen LogP contribution is 2.43. The Balaban J connectivity index is 0.988. The predicted octanol–water partition coefficient (Wildman–Crippen LogP) is 8.72. The number of benzene rings is 4. The average Bonchev–Trinajstić information content (AvgIpc) is 3.64.